The Balaban J connectivity index is 2.45. The summed E-state index contributed by atoms with van der Waals surface area (Å²) in [6.07, 6.45) is 2.93. The van der Waals surface area contributed by atoms with Gasteiger partial charge < -0.3 is 4.74 Å². The highest BCUT2D eigenvalue weighted by Gasteiger charge is 2.02. The third-order valence-electron chi connectivity index (χ3n) is 2.28. The molecule has 16 heavy (non-hydrogen) atoms. The summed E-state index contributed by atoms with van der Waals surface area (Å²) in [4.78, 5) is 10.5. The van der Waals surface area contributed by atoms with Gasteiger partial charge in [0, 0.05) is 5.56 Å². The van der Waals surface area contributed by atoms with Crippen LogP contribution in [0.2, 0.25) is 5.02 Å². The number of halogens is 1. The summed E-state index contributed by atoms with van der Waals surface area (Å²) < 4.78 is 5.54. The maximum Gasteiger partial charge on any atom is 0.150 e. The highest BCUT2D eigenvalue weighted by Crippen LogP contribution is 2.25. The lowest BCUT2D eigenvalue weighted by atomic mass is 10.1. The van der Waals surface area contributed by atoms with Gasteiger partial charge in [0.2, 0.25) is 0 Å². The quantitative estimate of drug-likeness (QED) is 0.556. The summed E-state index contributed by atoms with van der Waals surface area (Å²) >= 11 is 5.97. The van der Waals surface area contributed by atoms with Crippen molar-refractivity contribution in [1.82, 2.24) is 0 Å². The lowest BCUT2D eigenvalue weighted by Crippen LogP contribution is -2.00. The fraction of sp³-hybridized carbons (Fsp3) is 0.462. The number of benzene rings is 1. The van der Waals surface area contributed by atoms with Gasteiger partial charge in [-0.1, -0.05) is 25.4 Å². The molecule has 1 rings (SSSR count). The van der Waals surface area contributed by atoms with Gasteiger partial charge in [-0.2, -0.15) is 0 Å². The van der Waals surface area contributed by atoms with Crippen molar-refractivity contribution in [3.8, 4) is 5.75 Å². The summed E-state index contributed by atoms with van der Waals surface area (Å²) in [5.74, 6) is 1.34. The van der Waals surface area contributed by atoms with Crippen LogP contribution < -0.4 is 4.74 Å². The van der Waals surface area contributed by atoms with Crippen LogP contribution in [-0.4, -0.2) is 12.9 Å². The lowest BCUT2D eigenvalue weighted by molar-refractivity contribution is 0.112. The van der Waals surface area contributed by atoms with Crippen molar-refractivity contribution in [2.75, 3.05) is 6.61 Å². The molecule has 0 atom stereocenters. The second kappa shape index (κ2) is 6.54. The summed E-state index contributed by atoms with van der Waals surface area (Å²) in [6.45, 7) is 5.04. The zero-order valence-corrected chi connectivity index (χ0v) is 10.5. The van der Waals surface area contributed by atoms with E-state index in [1.54, 1.807) is 18.2 Å². The minimum Gasteiger partial charge on any atom is -0.492 e. The van der Waals surface area contributed by atoms with Gasteiger partial charge in [-0.15, -0.1) is 0 Å². The first-order chi connectivity index (χ1) is 7.63. The number of aldehydes is 1. The normalized spacial score (nSPS) is 10.5. The fourth-order valence-corrected chi connectivity index (χ4v) is 1.62. The zero-order chi connectivity index (χ0) is 12.0. The first-order valence-corrected chi connectivity index (χ1v) is 5.89. The Morgan fingerprint density at radius 3 is 2.75 bits per heavy atom. The van der Waals surface area contributed by atoms with E-state index in [1.165, 1.54) is 0 Å². The Labute approximate surface area is 102 Å². The predicted octanol–water partition coefficient (Wildman–Crippen LogP) is 3.97. The van der Waals surface area contributed by atoms with Gasteiger partial charge in [0.15, 0.2) is 0 Å². The van der Waals surface area contributed by atoms with E-state index in [-0.39, 0.29) is 0 Å². The first-order valence-electron chi connectivity index (χ1n) is 5.51. The van der Waals surface area contributed by atoms with Crippen LogP contribution in [0.4, 0.5) is 0 Å². The van der Waals surface area contributed by atoms with Gasteiger partial charge in [-0.3, -0.25) is 4.79 Å². The largest absolute Gasteiger partial charge is 0.492 e. The number of hydrogen-bond acceptors (Lipinski definition) is 2. The highest BCUT2D eigenvalue weighted by atomic mass is 35.5. The first kappa shape index (κ1) is 13.0. The Morgan fingerprint density at radius 2 is 2.19 bits per heavy atom. The SMILES string of the molecule is CC(C)CCCOc1ccc(C=O)cc1Cl. The predicted molar refractivity (Wildman–Crippen MR) is 66.4 cm³/mol. The van der Waals surface area contributed by atoms with Gasteiger partial charge in [0.05, 0.1) is 11.6 Å². The molecule has 0 aliphatic rings. The average molecular weight is 241 g/mol. The Kier molecular flexibility index (Phi) is 5.33. The zero-order valence-electron chi connectivity index (χ0n) is 9.70. The van der Waals surface area contributed by atoms with Crippen LogP contribution in [0.25, 0.3) is 0 Å². The third-order valence-corrected chi connectivity index (χ3v) is 2.57. The van der Waals surface area contributed by atoms with Crippen molar-refractivity contribution >= 4 is 17.9 Å². The van der Waals surface area contributed by atoms with Crippen molar-refractivity contribution in [2.24, 2.45) is 5.92 Å². The Hall–Kier alpha value is -1.02. The van der Waals surface area contributed by atoms with Crippen molar-refractivity contribution in [2.45, 2.75) is 26.7 Å². The topological polar surface area (TPSA) is 26.3 Å². The van der Waals surface area contributed by atoms with Crippen molar-refractivity contribution in [3.05, 3.63) is 28.8 Å². The molecule has 0 fully saturated rings. The third kappa shape index (κ3) is 4.23. The highest BCUT2D eigenvalue weighted by molar-refractivity contribution is 6.32. The fourth-order valence-electron chi connectivity index (χ4n) is 1.38. The lowest BCUT2D eigenvalue weighted by Gasteiger charge is -2.09. The van der Waals surface area contributed by atoms with Crippen molar-refractivity contribution < 1.29 is 9.53 Å². The molecule has 2 nitrogen and oxygen atoms in total. The van der Waals surface area contributed by atoms with Crippen molar-refractivity contribution in [1.29, 1.82) is 0 Å². The van der Waals surface area contributed by atoms with Gasteiger partial charge in [-0.05, 0) is 37.0 Å². The molecule has 0 unspecified atom stereocenters. The van der Waals surface area contributed by atoms with E-state index < -0.39 is 0 Å². The summed E-state index contributed by atoms with van der Waals surface area (Å²) in [6, 6.07) is 5.06. The molecule has 0 saturated heterocycles. The molecule has 0 aliphatic carbocycles. The summed E-state index contributed by atoms with van der Waals surface area (Å²) in [5.41, 5.74) is 0.569. The summed E-state index contributed by atoms with van der Waals surface area (Å²) in [7, 11) is 0. The summed E-state index contributed by atoms with van der Waals surface area (Å²) in [5, 5.41) is 0.495. The molecule has 0 N–H and O–H groups in total. The molecule has 0 aromatic heterocycles. The standard InChI is InChI=1S/C13H17ClO2/c1-10(2)4-3-7-16-13-6-5-11(9-15)8-12(13)14/h5-6,8-10H,3-4,7H2,1-2H3. The van der Waals surface area contributed by atoms with E-state index in [0.29, 0.717) is 28.9 Å². The van der Waals surface area contributed by atoms with Gasteiger partial charge in [-0.25, -0.2) is 0 Å². The van der Waals surface area contributed by atoms with Crippen LogP contribution in [-0.2, 0) is 0 Å². The number of carbonyl (C=O) groups is 1. The van der Waals surface area contributed by atoms with E-state index in [1.807, 2.05) is 0 Å². The molecule has 1 aromatic carbocycles. The second-order valence-electron chi connectivity index (χ2n) is 4.19. The molecule has 0 radical (unpaired) electrons. The minimum atomic E-state index is 0.495. The molecular formula is C13H17ClO2. The van der Waals surface area contributed by atoms with E-state index in [4.69, 9.17) is 16.3 Å². The maximum absolute atomic E-state index is 10.5. The number of hydrogen-bond donors (Lipinski definition) is 0. The molecule has 0 spiro atoms. The molecular weight excluding hydrogens is 224 g/mol. The molecule has 3 heteroatoms. The van der Waals surface area contributed by atoms with Crippen LogP contribution in [0.1, 0.15) is 37.0 Å². The van der Waals surface area contributed by atoms with Crippen LogP contribution >= 0.6 is 11.6 Å². The number of ether oxygens (including phenoxy) is 1. The molecule has 1 aromatic rings. The molecule has 0 saturated carbocycles. The van der Waals surface area contributed by atoms with Crippen LogP contribution in [0.3, 0.4) is 0 Å². The van der Waals surface area contributed by atoms with Gasteiger partial charge in [0.1, 0.15) is 12.0 Å². The van der Waals surface area contributed by atoms with E-state index in [0.717, 1.165) is 19.1 Å². The molecule has 0 aliphatic heterocycles. The number of carbonyl (C=O) groups excluding carboxylic acids is 1. The number of rotatable bonds is 6. The van der Waals surface area contributed by atoms with Gasteiger partial charge in [0.25, 0.3) is 0 Å². The molecule has 0 bridgehead atoms. The molecule has 0 heterocycles. The van der Waals surface area contributed by atoms with Crippen LogP contribution in [0, 0.1) is 5.92 Å². The van der Waals surface area contributed by atoms with Gasteiger partial charge >= 0.3 is 0 Å². The van der Waals surface area contributed by atoms with Crippen LogP contribution in [0.5, 0.6) is 5.75 Å². The van der Waals surface area contributed by atoms with E-state index in [9.17, 15) is 4.79 Å². The van der Waals surface area contributed by atoms with Crippen molar-refractivity contribution in [3.63, 3.8) is 0 Å². The molecule has 0 amide bonds. The second-order valence-corrected chi connectivity index (χ2v) is 4.60. The monoisotopic (exact) mass is 240 g/mol. The Bertz CT molecular complexity index is 348. The minimum absolute atomic E-state index is 0.495. The average Bonchev–Trinajstić information content (AvgIpc) is 2.25. The molecule has 88 valence electrons. The van der Waals surface area contributed by atoms with E-state index >= 15 is 0 Å². The smallest absolute Gasteiger partial charge is 0.150 e. The Morgan fingerprint density at radius 1 is 1.44 bits per heavy atom. The van der Waals surface area contributed by atoms with E-state index in [2.05, 4.69) is 13.8 Å². The maximum atomic E-state index is 10.5. The van der Waals surface area contributed by atoms with Crippen LogP contribution in [0.15, 0.2) is 18.2 Å².